The first kappa shape index (κ1) is 13.2. The average Bonchev–Trinajstić information content (AvgIpc) is 2.90. The molecule has 1 saturated heterocycles. The van der Waals surface area contributed by atoms with Gasteiger partial charge < -0.3 is 14.4 Å². The summed E-state index contributed by atoms with van der Waals surface area (Å²) in [6.07, 6.45) is 4.94. The Labute approximate surface area is 118 Å². The lowest BCUT2D eigenvalue weighted by molar-refractivity contribution is 0.0232. The maximum Gasteiger partial charge on any atom is 0.410 e. The summed E-state index contributed by atoms with van der Waals surface area (Å²) in [5.41, 5.74) is 0.421. The Morgan fingerprint density at radius 2 is 2.30 bits per heavy atom. The van der Waals surface area contributed by atoms with Crippen molar-refractivity contribution < 1.29 is 14.3 Å². The van der Waals surface area contributed by atoms with Gasteiger partial charge in [-0.1, -0.05) is 0 Å². The third-order valence-corrected chi connectivity index (χ3v) is 3.68. The first-order valence-corrected chi connectivity index (χ1v) is 6.97. The predicted molar refractivity (Wildman–Crippen MR) is 73.7 cm³/mol. The molecule has 0 aliphatic carbocycles. The van der Waals surface area contributed by atoms with E-state index in [2.05, 4.69) is 4.98 Å². The summed E-state index contributed by atoms with van der Waals surface area (Å²) < 4.78 is 11.5. The van der Waals surface area contributed by atoms with E-state index in [1.807, 2.05) is 26.8 Å². The van der Waals surface area contributed by atoms with Crippen LogP contribution < -0.4 is 4.74 Å². The van der Waals surface area contributed by atoms with Crippen LogP contribution in [0.5, 0.6) is 5.75 Å². The van der Waals surface area contributed by atoms with Crippen LogP contribution in [0, 0.1) is 0 Å². The van der Waals surface area contributed by atoms with Crippen LogP contribution in [0.4, 0.5) is 4.79 Å². The standard InChI is InChI=1S/C15H20N2O3/c1-14(2,3)20-13(18)17-7-5-15(10-17)8-11-4-6-16-9-12(11)19-15/h4,6,9H,5,7-8,10H2,1-3H3. The van der Waals surface area contributed by atoms with E-state index in [1.165, 1.54) is 5.56 Å². The van der Waals surface area contributed by atoms with Crippen LogP contribution >= 0.6 is 0 Å². The molecule has 0 aromatic carbocycles. The lowest BCUT2D eigenvalue weighted by Gasteiger charge is -2.26. The minimum Gasteiger partial charge on any atom is -0.483 e. The molecular formula is C15H20N2O3. The Kier molecular flexibility index (Phi) is 2.88. The van der Waals surface area contributed by atoms with Gasteiger partial charge in [-0.15, -0.1) is 0 Å². The number of likely N-dealkylation sites (tertiary alicyclic amines) is 1. The van der Waals surface area contributed by atoms with E-state index in [1.54, 1.807) is 17.3 Å². The van der Waals surface area contributed by atoms with E-state index in [0.717, 1.165) is 18.6 Å². The number of hydrogen-bond donors (Lipinski definition) is 0. The van der Waals surface area contributed by atoms with Crippen molar-refractivity contribution in [3.8, 4) is 5.75 Å². The molecule has 0 bridgehead atoms. The molecule has 1 fully saturated rings. The molecule has 2 aliphatic rings. The van der Waals surface area contributed by atoms with Gasteiger partial charge in [0.05, 0.1) is 12.7 Å². The molecule has 1 unspecified atom stereocenters. The summed E-state index contributed by atoms with van der Waals surface area (Å²) in [6.45, 7) is 6.89. The largest absolute Gasteiger partial charge is 0.483 e. The van der Waals surface area contributed by atoms with Gasteiger partial charge in [-0.25, -0.2) is 4.79 Å². The van der Waals surface area contributed by atoms with Gasteiger partial charge in [0.25, 0.3) is 0 Å². The Morgan fingerprint density at radius 3 is 3.00 bits per heavy atom. The second kappa shape index (κ2) is 4.36. The number of rotatable bonds is 0. The molecule has 1 spiro atoms. The van der Waals surface area contributed by atoms with E-state index in [0.29, 0.717) is 13.1 Å². The van der Waals surface area contributed by atoms with Gasteiger partial charge in [-0.05, 0) is 26.8 Å². The van der Waals surface area contributed by atoms with Crippen molar-refractivity contribution in [1.29, 1.82) is 0 Å². The summed E-state index contributed by atoms with van der Waals surface area (Å²) in [6, 6.07) is 1.99. The fourth-order valence-electron chi connectivity index (χ4n) is 2.82. The first-order valence-electron chi connectivity index (χ1n) is 6.97. The Hall–Kier alpha value is -1.78. The molecule has 20 heavy (non-hydrogen) atoms. The van der Waals surface area contributed by atoms with Crippen LogP contribution in [0.3, 0.4) is 0 Å². The normalized spacial score (nSPS) is 24.6. The maximum absolute atomic E-state index is 12.1. The van der Waals surface area contributed by atoms with Crippen molar-refractivity contribution in [3.05, 3.63) is 24.0 Å². The number of amides is 1. The van der Waals surface area contributed by atoms with Crippen LogP contribution in [-0.4, -0.2) is 40.3 Å². The molecule has 2 aliphatic heterocycles. The molecule has 5 heteroatoms. The van der Waals surface area contributed by atoms with Gasteiger partial charge in [0.2, 0.25) is 0 Å². The van der Waals surface area contributed by atoms with Crippen LogP contribution in [-0.2, 0) is 11.2 Å². The quantitative estimate of drug-likeness (QED) is 0.730. The monoisotopic (exact) mass is 276 g/mol. The molecule has 3 rings (SSSR count). The van der Waals surface area contributed by atoms with E-state index in [9.17, 15) is 4.79 Å². The topological polar surface area (TPSA) is 51.7 Å². The molecule has 108 valence electrons. The summed E-state index contributed by atoms with van der Waals surface area (Å²) in [5.74, 6) is 0.846. The third-order valence-electron chi connectivity index (χ3n) is 3.68. The van der Waals surface area contributed by atoms with Gasteiger partial charge in [-0.2, -0.15) is 0 Å². The minimum atomic E-state index is -0.462. The highest BCUT2D eigenvalue weighted by Crippen LogP contribution is 2.40. The lowest BCUT2D eigenvalue weighted by Crippen LogP contribution is -2.41. The van der Waals surface area contributed by atoms with Gasteiger partial charge >= 0.3 is 6.09 Å². The number of carbonyl (C=O) groups is 1. The van der Waals surface area contributed by atoms with E-state index in [-0.39, 0.29) is 11.7 Å². The van der Waals surface area contributed by atoms with Crippen molar-refractivity contribution >= 4 is 6.09 Å². The second-order valence-electron chi connectivity index (χ2n) is 6.60. The third kappa shape index (κ3) is 2.44. The number of hydrogen-bond acceptors (Lipinski definition) is 4. The molecule has 0 radical (unpaired) electrons. The van der Waals surface area contributed by atoms with Crippen molar-refractivity contribution in [2.24, 2.45) is 0 Å². The number of aromatic nitrogens is 1. The van der Waals surface area contributed by atoms with Gasteiger partial charge in [-0.3, -0.25) is 4.98 Å². The van der Waals surface area contributed by atoms with Crippen LogP contribution in [0.25, 0.3) is 0 Å². The smallest absolute Gasteiger partial charge is 0.410 e. The number of nitrogens with zero attached hydrogens (tertiary/aromatic N) is 2. The fourth-order valence-corrected chi connectivity index (χ4v) is 2.82. The summed E-state index contributed by atoms with van der Waals surface area (Å²) in [7, 11) is 0. The van der Waals surface area contributed by atoms with Crippen LogP contribution in [0.15, 0.2) is 18.5 Å². The number of ether oxygens (including phenoxy) is 2. The minimum absolute atomic E-state index is 0.257. The summed E-state index contributed by atoms with van der Waals surface area (Å²) in [4.78, 5) is 17.9. The fraction of sp³-hybridized carbons (Fsp3) is 0.600. The Morgan fingerprint density at radius 1 is 1.50 bits per heavy atom. The van der Waals surface area contributed by atoms with Gasteiger partial charge in [0.1, 0.15) is 17.0 Å². The molecule has 1 aromatic heterocycles. The first-order chi connectivity index (χ1) is 9.37. The maximum atomic E-state index is 12.1. The highest BCUT2D eigenvalue weighted by Gasteiger charge is 2.47. The molecule has 3 heterocycles. The molecule has 1 atom stereocenters. The zero-order valence-corrected chi connectivity index (χ0v) is 12.2. The van der Waals surface area contributed by atoms with E-state index >= 15 is 0 Å². The van der Waals surface area contributed by atoms with E-state index < -0.39 is 5.60 Å². The summed E-state index contributed by atoms with van der Waals surface area (Å²) in [5, 5.41) is 0. The van der Waals surface area contributed by atoms with Gasteiger partial charge in [0, 0.05) is 31.1 Å². The Balaban J connectivity index is 1.68. The van der Waals surface area contributed by atoms with Gasteiger partial charge in [0.15, 0.2) is 0 Å². The zero-order valence-electron chi connectivity index (χ0n) is 12.2. The zero-order chi connectivity index (χ0) is 14.4. The summed E-state index contributed by atoms with van der Waals surface area (Å²) >= 11 is 0. The molecule has 0 saturated carbocycles. The average molecular weight is 276 g/mol. The molecule has 1 amide bonds. The Bertz CT molecular complexity index is 511. The highest BCUT2D eigenvalue weighted by atomic mass is 16.6. The predicted octanol–water partition coefficient (Wildman–Crippen LogP) is 2.40. The van der Waals surface area contributed by atoms with Crippen LogP contribution in [0.2, 0.25) is 0 Å². The number of carbonyl (C=O) groups excluding carboxylic acids is 1. The van der Waals surface area contributed by atoms with Crippen molar-refractivity contribution in [3.63, 3.8) is 0 Å². The van der Waals surface area contributed by atoms with E-state index in [4.69, 9.17) is 9.47 Å². The lowest BCUT2D eigenvalue weighted by atomic mass is 9.97. The molecule has 1 aromatic rings. The molecule has 0 N–H and O–H groups in total. The second-order valence-corrected chi connectivity index (χ2v) is 6.60. The van der Waals surface area contributed by atoms with Crippen molar-refractivity contribution in [1.82, 2.24) is 9.88 Å². The van der Waals surface area contributed by atoms with Crippen molar-refractivity contribution in [2.75, 3.05) is 13.1 Å². The number of pyridine rings is 1. The highest BCUT2D eigenvalue weighted by molar-refractivity contribution is 5.68. The molecular weight excluding hydrogens is 256 g/mol. The van der Waals surface area contributed by atoms with Crippen molar-refractivity contribution in [2.45, 2.75) is 44.8 Å². The number of fused-ring (bicyclic) bond motifs is 1. The van der Waals surface area contributed by atoms with Crippen LogP contribution in [0.1, 0.15) is 32.8 Å². The SMILES string of the molecule is CC(C)(C)OC(=O)N1CCC2(Cc3ccncc3O2)C1. The molecule has 5 nitrogen and oxygen atoms in total.